The van der Waals surface area contributed by atoms with Gasteiger partial charge in [-0.1, -0.05) is 48.3 Å². The van der Waals surface area contributed by atoms with Crippen LogP contribution in [0.15, 0.2) is 0 Å². The molecule has 0 bridgehead atoms. The minimum atomic E-state index is 0.513. The van der Waals surface area contributed by atoms with Crippen LogP contribution >= 0.6 is 22.6 Å². The molecule has 3 unspecified atom stereocenters. The zero-order valence-corrected chi connectivity index (χ0v) is 11.9. The van der Waals surface area contributed by atoms with Gasteiger partial charge in [0.25, 0.3) is 0 Å². The summed E-state index contributed by atoms with van der Waals surface area (Å²) in [7, 11) is 0. The lowest BCUT2D eigenvalue weighted by atomic mass is 9.81. The highest BCUT2D eigenvalue weighted by molar-refractivity contribution is 14.1. The van der Waals surface area contributed by atoms with Crippen molar-refractivity contribution in [2.24, 2.45) is 5.92 Å². The van der Waals surface area contributed by atoms with Crippen LogP contribution in [0.25, 0.3) is 0 Å². The maximum atomic E-state index is 6.28. The van der Waals surface area contributed by atoms with Crippen molar-refractivity contribution < 1.29 is 4.74 Å². The summed E-state index contributed by atoms with van der Waals surface area (Å²) in [5.41, 5.74) is 0. The van der Waals surface area contributed by atoms with Crippen LogP contribution in [-0.2, 0) is 4.74 Å². The Hall–Kier alpha value is 0.690. The normalized spacial score (nSPS) is 35.6. The minimum Gasteiger partial charge on any atom is -0.374 e. The fraction of sp³-hybridized carbons (Fsp3) is 1.00. The number of rotatable bonds is 3. The smallest absolute Gasteiger partial charge is 0.0696 e. The van der Waals surface area contributed by atoms with Crippen molar-refractivity contribution in [2.75, 3.05) is 0 Å². The van der Waals surface area contributed by atoms with E-state index in [1.165, 1.54) is 51.4 Å². The quantitative estimate of drug-likeness (QED) is 0.427. The molecule has 0 aliphatic heterocycles. The van der Waals surface area contributed by atoms with Gasteiger partial charge in [0.05, 0.1) is 12.2 Å². The van der Waals surface area contributed by atoms with Crippen molar-refractivity contribution in [1.29, 1.82) is 0 Å². The van der Waals surface area contributed by atoms with Gasteiger partial charge in [-0.25, -0.2) is 0 Å². The largest absolute Gasteiger partial charge is 0.374 e. The third-order valence-electron chi connectivity index (χ3n) is 4.08. The SMILES string of the molecule is CC(OC1CCCCCC1I)C1CCC1. The molecule has 0 amide bonds. The van der Waals surface area contributed by atoms with Gasteiger partial charge in [-0.05, 0) is 38.5 Å². The molecule has 0 spiro atoms. The van der Waals surface area contributed by atoms with Crippen LogP contribution in [0, 0.1) is 5.92 Å². The van der Waals surface area contributed by atoms with E-state index in [2.05, 4.69) is 29.5 Å². The van der Waals surface area contributed by atoms with Gasteiger partial charge < -0.3 is 4.74 Å². The lowest BCUT2D eigenvalue weighted by molar-refractivity contribution is -0.0519. The third kappa shape index (κ3) is 3.32. The van der Waals surface area contributed by atoms with Crippen molar-refractivity contribution in [3.63, 3.8) is 0 Å². The van der Waals surface area contributed by atoms with Crippen LogP contribution in [0.3, 0.4) is 0 Å². The van der Waals surface area contributed by atoms with E-state index in [-0.39, 0.29) is 0 Å². The molecular formula is C13H23IO. The summed E-state index contributed by atoms with van der Waals surface area (Å²) < 4.78 is 7.04. The van der Waals surface area contributed by atoms with E-state index in [1.54, 1.807) is 0 Å². The minimum absolute atomic E-state index is 0.513. The monoisotopic (exact) mass is 322 g/mol. The van der Waals surface area contributed by atoms with Crippen LogP contribution < -0.4 is 0 Å². The van der Waals surface area contributed by atoms with Crippen molar-refractivity contribution in [3.05, 3.63) is 0 Å². The molecular weight excluding hydrogens is 299 g/mol. The molecule has 88 valence electrons. The molecule has 2 aliphatic carbocycles. The van der Waals surface area contributed by atoms with E-state index in [9.17, 15) is 0 Å². The van der Waals surface area contributed by atoms with E-state index < -0.39 is 0 Å². The molecule has 1 nitrogen and oxygen atoms in total. The maximum Gasteiger partial charge on any atom is 0.0696 e. The molecule has 0 aromatic carbocycles. The van der Waals surface area contributed by atoms with Crippen LogP contribution in [0.4, 0.5) is 0 Å². The Labute approximate surface area is 107 Å². The molecule has 0 heterocycles. The number of hydrogen-bond donors (Lipinski definition) is 0. The Morgan fingerprint density at radius 2 is 1.73 bits per heavy atom. The van der Waals surface area contributed by atoms with Crippen LogP contribution in [-0.4, -0.2) is 16.1 Å². The van der Waals surface area contributed by atoms with E-state index in [4.69, 9.17) is 4.74 Å². The van der Waals surface area contributed by atoms with Crippen LogP contribution in [0.2, 0.25) is 0 Å². The molecule has 2 aliphatic rings. The second kappa shape index (κ2) is 5.85. The molecule has 0 radical (unpaired) electrons. The van der Waals surface area contributed by atoms with E-state index in [1.807, 2.05) is 0 Å². The molecule has 0 aromatic rings. The number of ether oxygens (including phenoxy) is 1. The molecule has 0 aromatic heterocycles. The predicted molar refractivity (Wildman–Crippen MR) is 72.6 cm³/mol. The molecule has 15 heavy (non-hydrogen) atoms. The van der Waals surface area contributed by atoms with Crippen molar-refractivity contribution in [1.82, 2.24) is 0 Å². The molecule has 0 N–H and O–H groups in total. The Morgan fingerprint density at radius 3 is 2.40 bits per heavy atom. The highest BCUT2D eigenvalue weighted by atomic mass is 127. The topological polar surface area (TPSA) is 9.23 Å². The summed E-state index contributed by atoms with van der Waals surface area (Å²) in [6.07, 6.45) is 12.1. The number of hydrogen-bond acceptors (Lipinski definition) is 1. The van der Waals surface area contributed by atoms with E-state index in [0.29, 0.717) is 12.2 Å². The average molecular weight is 322 g/mol. The summed E-state index contributed by atoms with van der Waals surface area (Å²) >= 11 is 2.61. The summed E-state index contributed by atoms with van der Waals surface area (Å²) in [6, 6.07) is 0. The van der Waals surface area contributed by atoms with Crippen LogP contribution in [0.1, 0.15) is 58.3 Å². The second-order valence-electron chi connectivity index (χ2n) is 5.22. The predicted octanol–water partition coefficient (Wildman–Crippen LogP) is 4.33. The first-order valence-electron chi connectivity index (χ1n) is 6.57. The molecule has 2 fully saturated rings. The Bertz CT molecular complexity index is 191. The van der Waals surface area contributed by atoms with Crippen molar-refractivity contribution in [3.8, 4) is 0 Å². The van der Waals surface area contributed by atoms with Gasteiger partial charge in [-0.15, -0.1) is 0 Å². The van der Waals surface area contributed by atoms with Crippen molar-refractivity contribution >= 4 is 22.6 Å². The maximum absolute atomic E-state index is 6.28. The van der Waals surface area contributed by atoms with Gasteiger partial charge >= 0.3 is 0 Å². The lowest BCUT2D eigenvalue weighted by Crippen LogP contribution is -2.34. The molecule has 2 saturated carbocycles. The molecule has 2 rings (SSSR count). The molecule has 2 heteroatoms. The van der Waals surface area contributed by atoms with Crippen molar-refractivity contribution in [2.45, 2.75) is 74.4 Å². The van der Waals surface area contributed by atoms with Gasteiger partial charge in [0.15, 0.2) is 0 Å². The zero-order chi connectivity index (χ0) is 10.7. The summed E-state index contributed by atoms with van der Waals surface area (Å²) in [5.74, 6) is 0.872. The van der Waals surface area contributed by atoms with Gasteiger partial charge in [-0.3, -0.25) is 0 Å². The summed E-state index contributed by atoms with van der Waals surface area (Å²) in [4.78, 5) is 0. The van der Waals surface area contributed by atoms with Gasteiger partial charge in [0, 0.05) is 3.92 Å². The third-order valence-corrected chi connectivity index (χ3v) is 5.50. The second-order valence-corrected chi connectivity index (χ2v) is 6.82. The van der Waals surface area contributed by atoms with E-state index in [0.717, 1.165) is 9.84 Å². The highest BCUT2D eigenvalue weighted by Crippen LogP contribution is 2.34. The first-order valence-corrected chi connectivity index (χ1v) is 7.81. The zero-order valence-electron chi connectivity index (χ0n) is 9.75. The first-order chi connectivity index (χ1) is 7.27. The molecule has 0 saturated heterocycles. The Kier molecular flexibility index (Phi) is 4.74. The van der Waals surface area contributed by atoms with Gasteiger partial charge in [0.2, 0.25) is 0 Å². The Balaban J connectivity index is 1.79. The Morgan fingerprint density at radius 1 is 1.00 bits per heavy atom. The fourth-order valence-electron chi connectivity index (χ4n) is 2.68. The summed E-state index contributed by atoms with van der Waals surface area (Å²) in [5, 5.41) is 0. The molecule has 3 atom stereocenters. The average Bonchev–Trinajstić information content (AvgIpc) is 2.29. The summed E-state index contributed by atoms with van der Waals surface area (Å²) in [6.45, 7) is 2.29. The standard InChI is InChI=1S/C13H23IO/c1-10(11-6-5-7-11)15-13-9-4-2-3-8-12(13)14/h10-13H,2-9H2,1H3. The van der Waals surface area contributed by atoms with Gasteiger partial charge in [0.1, 0.15) is 0 Å². The highest BCUT2D eigenvalue weighted by Gasteiger charge is 2.29. The fourth-order valence-corrected chi connectivity index (χ4v) is 3.65. The van der Waals surface area contributed by atoms with Gasteiger partial charge in [-0.2, -0.15) is 0 Å². The van der Waals surface area contributed by atoms with E-state index >= 15 is 0 Å². The van der Waals surface area contributed by atoms with Crippen LogP contribution in [0.5, 0.6) is 0 Å². The number of halogens is 1. The number of alkyl halides is 1. The first kappa shape index (κ1) is 12.2. The lowest BCUT2D eigenvalue weighted by Gasteiger charge is -2.34.